The van der Waals surface area contributed by atoms with Crippen molar-refractivity contribution in [3.05, 3.63) is 0 Å². The number of aliphatic imine (C=N–C) groups is 1. The minimum atomic E-state index is 0.528. The van der Waals surface area contributed by atoms with Gasteiger partial charge in [-0.05, 0) is 30.9 Å². The van der Waals surface area contributed by atoms with Crippen molar-refractivity contribution in [2.24, 2.45) is 16.8 Å². The summed E-state index contributed by atoms with van der Waals surface area (Å²) in [6, 6.07) is 0.528. The van der Waals surface area contributed by atoms with Crippen molar-refractivity contribution < 1.29 is 0 Å². The lowest BCUT2D eigenvalue weighted by Gasteiger charge is -2.23. The van der Waals surface area contributed by atoms with E-state index in [9.17, 15) is 0 Å². The third-order valence-corrected chi connectivity index (χ3v) is 2.47. The van der Waals surface area contributed by atoms with E-state index >= 15 is 0 Å². The predicted octanol–water partition coefficient (Wildman–Crippen LogP) is 3.93. The molecule has 2 atom stereocenters. The van der Waals surface area contributed by atoms with Crippen molar-refractivity contribution in [1.82, 2.24) is 0 Å². The Balaban J connectivity index is 4.14. The van der Waals surface area contributed by atoms with Crippen molar-refractivity contribution in [2.45, 2.75) is 59.9 Å². The maximum atomic E-state index is 4.64. The standard InChI is InChI=1S/C12H25N/c1-6-8-11(5)12(10(3)4)13-9-7-2/h9-12H,6-8H2,1-5H3. The summed E-state index contributed by atoms with van der Waals surface area (Å²) in [5.41, 5.74) is 0. The Hall–Kier alpha value is -0.330. The molecule has 0 aromatic carbocycles. The summed E-state index contributed by atoms with van der Waals surface area (Å²) in [6.07, 6.45) is 5.69. The summed E-state index contributed by atoms with van der Waals surface area (Å²) in [5.74, 6) is 1.40. The van der Waals surface area contributed by atoms with Gasteiger partial charge < -0.3 is 0 Å². The summed E-state index contributed by atoms with van der Waals surface area (Å²) >= 11 is 0. The number of hydrogen-bond donors (Lipinski definition) is 0. The van der Waals surface area contributed by atoms with Crippen molar-refractivity contribution in [2.75, 3.05) is 0 Å². The van der Waals surface area contributed by atoms with E-state index in [2.05, 4.69) is 45.8 Å². The average Bonchev–Trinajstić information content (AvgIpc) is 2.05. The molecule has 0 bridgehead atoms. The van der Waals surface area contributed by atoms with Crippen LogP contribution >= 0.6 is 0 Å². The van der Waals surface area contributed by atoms with E-state index in [4.69, 9.17) is 0 Å². The fourth-order valence-corrected chi connectivity index (χ4v) is 1.83. The van der Waals surface area contributed by atoms with Gasteiger partial charge in [-0.1, -0.05) is 41.0 Å². The van der Waals surface area contributed by atoms with Crippen molar-refractivity contribution in [1.29, 1.82) is 0 Å². The molecule has 0 radical (unpaired) electrons. The van der Waals surface area contributed by atoms with Crippen LogP contribution in [0.25, 0.3) is 0 Å². The molecule has 0 rings (SSSR count). The van der Waals surface area contributed by atoms with Gasteiger partial charge in [0.15, 0.2) is 0 Å². The second-order valence-corrected chi connectivity index (χ2v) is 4.24. The lowest BCUT2D eigenvalue weighted by atomic mass is 9.89. The zero-order valence-corrected chi connectivity index (χ0v) is 9.88. The molecule has 0 saturated carbocycles. The topological polar surface area (TPSA) is 12.4 Å². The van der Waals surface area contributed by atoms with Gasteiger partial charge in [-0.3, -0.25) is 4.99 Å². The molecule has 78 valence electrons. The molecule has 0 aromatic heterocycles. The Morgan fingerprint density at radius 1 is 1.15 bits per heavy atom. The smallest absolute Gasteiger partial charge is 0.0544 e. The third kappa shape index (κ3) is 5.07. The number of hydrogen-bond acceptors (Lipinski definition) is 1. The van der Waals surface area contributed by atoms with Gasteiger partial charge in [0.2, 0.25) is 0 Å². The molecule has 1 heteroatoms. The molecule has 1 nitrogen and oxygen atoms in total. The molecule has 2 unspecified atom stereocenters. The Morgan fingerprint density at radius 2 is 1.77 bits per heavy atom. The minimum Gasteiger partial charge on any atom is -0.294 e. The zero-order valence-electron chi connectivity index (χ0n) is 9.88. The van der Waals surface area contributed by atoms with Gasteiger partial charge in [0, 0.05) is 0 Å². The molecule has 0 fully saturated rings. The van der Waals surface area contributed by atoms with Gasteiger partial charge in [-0.15, -0.1) is 0 Å². The Labute approximate surface area is 83.6 Å². The fourth-order valence-electron chi connectivity index (χ4n) is 1.83. The highest BCUT2D eigenvalue weighted by Crippen LogP contribution is 2.20. The summed E-state index contributed by atoms with van der Waals surface area (Å²) in [4.78, 5) is 4.64. The first-order valence-electron chi connectivity index (χ1n) is 5.65. The van der Waals surface area contributed by atoms with E-state index in [-0.39, 0.29) is 0 Å². The van der Waals surface area contributed by atoms with E-state index in [0.29, 0.717) is 12.0 Å². The maximum Gasteiger partial charge on any atom is 0.0544 e. The Kier molecular flexibility index (Phi) is 6.93. The second kappa shape index (κ2) is 7.11. The van der Waals surface area contributed by atoms with Crippen LogP contribution in [-0.4, -0.2) is 12.3 Å². The predicted molar refractivity (Wildman–Crippen MR) is 61.5 cm³/mol. The van der Waals surface area contributed by atoms with Crippen molar-refractivity contribution >= 4 is 6.21 Å². The summed E-state index contributed by atoms with van der Waals surface area (Å²) < 4.78 is 0. The van der Waals surface area contributed by atoms with Crippen LogP contribution in [0.4, 0.5) is 0 Å². The van der Waals surface area contributed by atoms with Crippen molar-refractivity contribution in [3.8, 4) is 0 Å². The lowest BCUT2D eigenvalue weighted by Crippen LogP contribution is -2.22. The highest BCUT2D eigenvalue weighted by Gasteiger charge is 2.18. The van der Waals surface area contributed by atoms with E-state index in [0.717, 1.165) is 12.3 Å². The summed E-state index contributed by atoms with van der Waals surface area (Å²) in [5, 5.41) is 0. The van der Waals surface area contributed by atoms with Crippen LogP contribution in [0.15, 0.2) is 4.99 Å². The fraction of sp³-hybridized carbons (Fsp3) is 0.917. The molecule has 0 amide bonds. The molecule has 0 spiro atoms. The molecule has 0 aliphatic rings. The first kappa shape index (κ1) is 12.7. The largest absolute Gasteiger partial charge is 0.294 e. The molecule has 0 N–H and O–H groups in total. The highest BCUT2D eigenvalue weighted by atomic mass is 14.8. The van der Waals surface area contributed by atoms with E-state index in [1.54, 1.807) is 0 Å². The minimum absolute atomic E-state index is 0.528. The quantitative estimate of drug-likeness (QED) is 0.553. The van der Waals surface area contributed by atoms with E-state index in [1.807, 2.05) is 0 Å². The van der Waals surface area contributed by atoms with Gasteiger partial charge in [0.1, 0.15) is 0 Å². The Bertz CT molecular complexity index is 138. The SMILES string of the molecule is CCC=NC(C(C)C)C(C)CCC. The highest BCUT2D eigenvalue weighted by molar-refractivity contribution is 5.56. The van der Waals surface area contributed by atoms with E-state index in [1.165, 1.54) is 12.8 Å². The van der Waals surface area contributed by atoms with Gasteiger partial charge in [0.05, 0.1) is 6.04 Å². The Morgan fingerprint density at radius 3 is 2.15 bits per heavy atom. The van der Waals surface area contributed by atoms with Crippen LogP contribution in [0, 0.1) is 11.8 Å². The number of nitrogens with zero attached hydrogens (tertiary/aromatic N) is 1. The normalized spacial score (nSPS) is 16.8. The molecule has 0 saturated heterocycles. The van der Waals surface area contributed by atoms with Crippen LogP contribution < -0.4 is 0 Å². The van der Waals surface area contributed by atoms with Crippen molar-refractivity contribution in [3.63, 3.8) is 0 Å². The molecule has 0 aliphatic heterocycles. The molecule has 0 heterocycles. The van der Waals surface area contributed by atoms with Crippen LogP contribution in [0.2, 0.25) is 0 Å². The molecular formula is C12H25N. The summed E-state index contributed by atoms with van der Waals surface area (Å²) in [6.45, 7) is 11.2. The first-order chi connectivity index (χ1) is 6.13. The zero-order chi connectivity index (χ0) is 10.3. The van der Waals surface area contributed by atoms with Gasteiger partial charge in [-0.2, -0.15) is 0 Å². The van der Waals surface area contributed by atoms with Gasteiger partial charge >= 0.3 is 0 Å². The lowest BCUT2D eigenvalue weighted by molar-refractivity contribution is 0.347. The average molecular weight is 183 g/mol. The van der Waals surface area contributed by atoms with Crippen LogP contribution in [0.1, 0.15) is 53.9 Å². The van der Waals surface area contributed by atoms with Crippen LogP contribution in [0.3, 0.4) is 0 Å². The monoisotopic (exact) mass is 183 g/mol. The van der Waals surface area contributed by atoms with Crippen LogP contribution in [-0.2, 0) is 0 Å². The maximum absolute atomic E-state index is 4.64. The number of rotatable bonds is 6. The molecule has 13 heavy (non-hydrogen) atoms. The molecule has 0 aliphatic carbocycles. The first-order valence-corrected chi connectivity index (χ1v) is 5.65. The molecular weight excluding hydrogens is 158 g/mol. The summed E-state index contributed by atoms with van der Waals surface area (Å²) in [7, 11) is 0. The molecule has 0 aromatic rings. The van der Waals surface area contributed by atoms with Crippen LogP contribution in [0.5, 0.6) is 0 Å². The third-order valence-electron chi connectivity index (χ3n) is 2.47. The van der Waals surface area contributed by atoms with E-state index < -0.39 is 0 Å². The van der Waals surface area contributed by atoms with Gasteiger partial charge in [0.25, 0.3) is 0 Å². The second-order valence-electron chi connectivity index (χ2n) is 4.24. The van der Waals surface area contributed by atoms with Gasteiger partial charge in [-0.25, -0.2) is 0 Å².